The molecule has 0 saturated carbocycles. The highest BCUT2D eigenvalue weighted by Crippen LogP contribution is 2.15. The molecule has 0 saturated heterocycles. The predicted octanol–water partition coefficient (Wildman–Crippen LogP) is 12.7. The fourth-order valence-corrected chi connectivity index (χ4v) is 6.27. The van der Waals surface area contributed by atoms with Crippen LogP contribution in [0.5, 0.6) is 0 Å². The Balaban J connectivity index is 4.75. The van der Waals surface area contributed by atoms with Crippen LogP contribution in [0.1, 0.15) is 194 Å². The second kappa shape index (κ2) is 41.5. The highest BCUT2D eigenvalue weighted by Gasteiger charge is 2.23. The van der Waals surface area contributed by atoms with Crippen LogP contribution in [-0.4, -0.2) is 46.9 Å². The summed E-state index contributed by atoms with van der Waals surface area (Å²) >= 11 is 0. The number of hydrogen-bond acceptors (Lipinski definition) is 5. The summed E-state index contributed by atoms with van der Waals surface area (Å²) in [6.07, 6.45) is 51.2. The lowest BCUT2D eigenvalue weighted by molar-refractivity contribution is -0.150. The maximum Gasteiger partial charge on any atom is 0.306 e. The van der Waals surface area contributed by atoms with E-state index in [4.69, 9.17) is 4.74 Å². The van der Waals surface area contributed by atoms with E-state index in [1.165, 1.54) is 89.9 Å². The highest BCUT2D eigenvalue weighted by atomic mass is 16.5. The molecule has 0 rings (SSSR count). The third-order valence-electron chi connectivity index (χ3n) is 9.65. The molecular weight excluding hydrogens is 671 g/mol. The molecule has 0 bridgehead atoms. The Morgan fingerprint density at radius 3 is 1.59 bits per heavy atom. The van der Waals surface area contributed by atoms with Gasteiger partial charge in [-0.25, -0.2) is 0 Å². The van der Waals surface area contributed by atoms with Gasteiger partial charge in [0.15, 0.2) is 0 Å². The molecule has 3 N–H and O–H groups in total. The van der Waals surface area contributed by atoms with Crippen molar-refractivity contribution < 1.29 is 24.5 Å². The first-order valence-electron chi connectivity index (χ1n) is 22.2. The molecule has 0 heterocycles. The smallest absolute Gasteiger partial charge is 0.306 e. The largest absolute Gasteiger partial charge is 0.461 e. The number of amides is 1. The third kappa shape index (κ3) is 36.3. The van der Waals surface area contributed by atoms with Crippen LogP contribution >= 0.6 is 0 Å². The second-order valence-corrected chi connectivity index (χ2v) is 14.8. The number of allylic oxidation sites excluding steroid dienone is 11. The molecule has 0 aromatic heterocycles. The van der Waals surface area contributed by atoms with Crippen LogP contribution in [0, 0.1) is 0 Å². The van der Waals surface area contributed by atoms with Crippen LogP contribution in [0.25, 0.3) is 0 Å². The number of esters is 1. The normalized spacial score (nSPS) is 14.1. The zero-order chi connectivity index (χ0) is 39.6. The van der Waals surface area contributed by atoms with Gasteiger partial charge in [0, 0.05) is 12.8 Å². The average molecular weight is 754 g/mol. The molecule has 0 aliphatic rings. The van der Waals surface area contributed by atoms with Crippen molar-refractivity contribution in [2.24, 2.45) is 0 Å². The number of carbonyl (C=O) groups is 2. The van der Waals surface area contributed by atoms with Gasteiger partial charge in [-0.2, -0.15) is 0 Å². The first-order chi connectivity index (χ1) is 26.5. The van der Waals surface area contributed by atoms with E-state index < -0.39 is 18.2 Å². The lowest BCUT2D eigenvalue weighted by atomic mass is 10.0. The molecule has 0 spiro atoms. The van der Waals surface area contributed by atoms with Crippen LogP contribution in [0.15, 0.2) is 72.9 Å². The van der Waals surface area contributed by atoms with Gasteiger partial charge >= 0.3 is 5.97 Å². The summed E-state index contributed by atoms with van der Waals surface area (Å²) in [6.45, 7) is 6.24. The molecule has 310 valence electrons. The number of carbonyl (C=O) groups excluding carboxylic acids is 2. The summed E-state index contributed by atoms with van der Waals surface area (Å²) in [5.41, 5.74) is 0. The predicted molar refractivity (Wildman–Crippen MR) is 231 cm³/mol. The Morgan fingerprint density at radius 1 is 0.574 bits per heavy atom. The first kappa shape index (κ1) is 51.3. The van der Waals surface area contributed by atoms with Crippen molar-refractivity contribution in [2.75, 3.05) is 6.61 Å². The maximum atomic E-state index is 13.1. The molecule has 6 heteroatoms. The molecule has 1 amide bonds. The molecule has 3 unspecified atom stereocenters. The molecule has 54 heavy (non-hydrogen) atoms. The van der Waals surface area contributed by atoms with Gasteiger partial charge < -0.3 is 20.3 Å². The molecule has 0 radical (unpaired) electrons. The standard InChI is InChI=1S/C48H83NO5/c1-4-7-10-13-16-19-22-25-28-31-34-37-40-46(51)45(43-50)49-47(52)42-44(39-36-33-30-27-24-21-18-15-12-9-6-3)54-48(53)41-38-35-32-29-26-23-20-17-14-11-8-5-2/h9,12,15,17-18,20-21,24,27,30,33,36,44-46,50-51H,4-8,10-11,13-14,16,19,22-23,25-26,28-29,31-32,34-35,37-43H2,1-3H3,(H,49,52)/b12-9+,18-15+,20-17-,24-21-,30-27-,36-33+. The molecular formula is C48H83NO5. The van der Waals surface area contributed by atoms with E-state index in [1.807, 2.05) is 54.7 Å². The van der Waals surface area contributed by atoms with Crippen LogP contribution in [0.4, 0.5) is 0 Å². The van der Waals surface area contributed by atoms with Gasteiger partial charge in [0.25, 0.3) is 0 Å². The minimum Gasteiger partial charge on any atom is -0.461 e. The minimum absolute atomic E-state index is 0.0243. The van der Waals surface area contributed by atoms with Crippen LogP contribution in [0.3, 0.4) is 0 Å². The summed E-state index contributed by atoms with van der Waals surface area (Å²) < 4.78 is 5.80. The van der Waals surface area contributed by atoms with E-state index in [0.29, 0.717) is 19.3 Å². The number of rotatable bonds is 38. The number of unbranched alkanes of at least 4 members (excludes halogenated alkanes) is 19. The fraction of sp³-hybridized carbons (Fsp3) is 0.708. The second-order valence-electron chi connectivity index (χ2n) is 14.8. The van der Waals surface area contributed by atoms with E-state index in [2.05, 4.69) is 44.3 Å². The van der Waals surface area contributed by atoms with Crippen LogP contribution in [0.2, 0.25) is 0 Å². The van der Waals surface area contributed by atoms with Gasteiger partial charge in [0.05, 0.1) is 25.2 Å². The highest BCUT2D eigenvalue weighted by molar-refractivity contribution is 5.77. The van der Waals surface area contributed by atoms with Gasteiger partial charge in [0.2, 0.25) is 5.91 Å². The van der Waals surface area contributed by atoms with Gasteiger partial charge in [-0.1, -0.05) is 203 Å². The van der Waals surface area contributed by atoms with E-state index >= 15 is 0 Å². The number of ether oxygens (including phenoxy) is 1. The SMILES string of the molecule is CC/C=C/C=C/C=C\C=C/C=C/CC(CC(=O)NC(CO)C(O)CCCCCCCCCCCCCC)OC(=O)CCCCCCC/C=C\CCCCC. The van der Waals surface area contributed by atoms with E-state index in [0.717, 1.165) is 57.8 Å². The summed E-state index contributed by atoms with van der Waals surface area (Å²) in [6, 6.07) is -0.741. The van der Waals surface area contributed by atoms with Gasteiger partial charge in [-0.3, -0.25) is 9.59 Å². The maximum absolute atomic E-state index is 13.1. The van der Waals surface area contributed by atoms with E-state index in [-0.39, 0.29) is 24.9 Å². The van der Waals surface area contributed by atoms with Crippen molar-refractivity contribution in [3.63, 3.8) is 0 Å². The van der Waals surface area contributed by atoms with Gasteiger partial charge in [-0.05, 0) is 44.9 Å². The zero-order valence-corrected chi connectivity index (χ0v) is 35.1. The average Bonchev–Trinajstić information content (AvgIpc) is 3.16. The fourth-order valence-electron chi connectivity index (χ4n) is 6.27. The summed E-state index contributed by atoms with van der Waals surface area (Å²) in [5.74, 6) is -0.625. The first-order valence-corrected chi connectivity index (χ1v) is 22.2. The molecule has 0 aromatic rings. The third-order valence-corrected chi connectivity index (χ3v) is 9.65. The zero-order valence-electron chi connectivity index (χ0n) is 35.1. The topological polar surface area (TPSA) is 95.9 Å². The van der Waals surface area contributed by atoms with Crippen molar-refractivity contribution in [1.82, 2.24) is 5.32 Å². The Morgan fingerprint density at radius 2 is 1.04 bits per heavy atom. The van der Waals surface area contributed by atoms with Crippen molar-refractivity contribution in [3.8, 4) is 0 Å². The molecule has 3 atom stereocenters. The quantitative estimate of drug-likeness (QED) is 0.0252. The molecule has 0 aromatic carbocycles. The Bertz CT molecular complexity index is 1030. The van der Waals surface area contributed by atoms with E-state index in [1.54, 1.807) is 0 Å². The lowest BCUT2D eigenvalue weighted by Crippen LogP contribution is -2.46. The molecule has 0 aliphatic heterocycles. The monoisotopic (exact) mass is 754 g/mol. The molecule has 0 fully saturated rings. The van der Waals surface area contributed by atoms with Gasteiger partial charge in [-0.15, -0.1) is 0 Å². The van der Waals surface area contributed by atoms with Crippen molar-refractivity contribution in [3.05, 3.63) is 72.9 Å². The Hall–Kier alpha value is -2.70. The lowest BCUT2D eigenvalue weighted by Gasteiger charge is -2.24. The Labute approximate surface area is 332 Å². The Kier molecular flexibility index (Phi) is 39.4. The summed E-state index contributed by atoms with van der Waals surface area (Å²) in [7, 11) is 0. The summed E-state index contributed by atoms with van der Waals surface area (Å²) in [5, 5.41) is 23.5. The number of nitrogens with one attached hydrogen (secondary N) is 1. The van der Waals surface area contributed by atoms with Crippen molar-refractivity contribution >= 4 is 11.9 Å². The number of hydrogen-bond donors (Lipinski definition) is 3. The minimum atomic E-state index is -0.819. The molecule has 0 aliphatic carbocycles. The van der Waals surface area contributed by atoms with Gasteiger partial charge in [0.1, 0.15) is 6.10 Å². The van der Waals surface area contributed by atoms with Crippen LogP contribution in [-0.2, 0) is 14.3 Å². The van der Waals surface area contributed by atoms with Crippen molar-refractivity contribution in [2.45, 2.75) is 212 Å². The molecule has 6 nitrogen and oxygen atoms in total. The summed E-state index contributed by atoms with van der Waals surface area (Å²) in [4.78, 5) is 25.9. The number of aliphatic hydroxyl groups is 2. The van der Waals surface area contributed by atoms with Crippen molar-refractivity contribution in [1.29, 1.82) is 0 Å². The van der Waals surface area contributed by atoms with Crippen LogP contribution < -0.4 is 5.32 Å². The van der Waals surface area contributed by atoms with E-state index in [9.17, 15) is 19.8 Å². The number of aliphatic hydroxyl groups excluding tert-OH is 2.